The van der Waals surface area contributed by atoms with E-state index >= 15 is 0 Å². The highest BCUT2D eigenvalue weighted by molar-refractivity contribution is 5.90. The fourth-order valence-electron chi connectivity index (χ4n) is 1.32. The number of furan rings is 2. The minimum Gasteiger partial charge on any atom is -0.475 e. The predicted molar refractivity (Wildman–Crippen MR) is 61.6 cm³/mol. The number of carbonyl (C=O) groups is 2. The van der Waals surface area contributed by atoms with Crippen molar-refractivity contribution in [3.63, 3.8) is 0 Å². The van der Waals surface area contributed by atoms with Gasteiger partial charge in [-0.3, -0.25) is 4.79 Å². The maximum atomic E-state index is 10.6. The maximum Gasteiger partial charge on any atom is 0.371 e. The summed E-state index contributed by atoms with van der Waals surface area (Å²) in [7, 11) is 0. The van der Waals surface area contributed by atoms with E-state index < -0.39 is 11.9 Å². The van der Waals surface area contributed by atoms with Crippen LogP contribution in [0.25, 0.3) is 17.6 Å². The molecule has 0 aliphatic rings. The Morgan fingerprint density at radius 2 is 1.78 bits per heavy atom. The van der Waals surface area contributed by atoms with Gasteiger partial charge in [0.15, 0.2) is 11.5 Å². The number of hydrogen-bond donors (Lipinski definition) is 2. The van der Waals surface area contributed by atoms with Crippen LogP contribution < -0.4 is 5.73 Å². The molecule has 0 saturated heterocycles. The van der Waals surface area contributed by atoms with Gasteiger partial charge >= 0.3 is 5.97 Å². The van der Waals surface area contributed by atoms with Crippen molar-refractivity contribution < 1.29 is 23.5 Å². The molecule has 0 atom stereocenters. The molecule has 0 fully saturated rings. The van der Waals surface area contributed by atoms with E-state index in [-0.39, 0.29) is 5.76 Å². The lowest BCUT2D eigenvalue weighted by atomic mass is 10.3. The van der Waals surface area contributed by atoms with Crippen molar-refractivity contribution in [2.24, 2.45) is 5.73 Å². The Morgan fingerprint density at radius 3 is 2.39 bits per heavy atom. The standard InChI is InChI=1S/C12H9NO5/c13-11(14)6-2-7-1-3-8(17-7)9-4-5-10(18-9)12(15)16/h1-6H,(H2,13,14)(H,15,16)/b6-2-. The van der Waals surface area contributed by atoms with Crippen LogP contribution in [0.2, 0.25) is 0 Å². The van der Waals surface area contributed by atoms with Crippen molar-refractivity contribution in [2.75, 3.05) is 0 Å². The minimum absolute atomic E-state index is 0.171. The number of carboxylic acids is 1. The highest BCUT2D eigenvalue weighted by Crippen LogP contribution is 2.24. The van der Waals surface area contributed by atoms with Crippen LogP contribution in [-0.2, 0) is 4.79 Å². The van der Waals surface area contributed by atoms with Crippen LogP contribution in [0, 0.1) is 0 Å². The number of nitrogens with two attached hydrogens (primary N) is 1. The van der Waals surface area contributed by atoms with Gasteiger partial charge in [-0.25, -0.2) is 4.79 Å². The molecule has 2 aromatic heterocycles. The van der Waals surface area contributed by atoms with E-state index in [0.717, 1.165) is 6.08 Å². The molecule has 3 N–H and O–H groups in total. The summed E-state index contributed by atoms with van der Waals surface area (Å²) in [6.07, 6.45) is 2.57. The van der Waals surface area contributed by atoms with Gasteiger partial charge in [0.2, 0.25) is 11.7 Å². The number of carboxylic acid groups (broad SMARTS) is 1. The summed E-state index contributed by atoms with van der Waals surface area (Å²) in [5.41, 5.74) is 4.94. The van der Waals surface area contributed by atoms with Crippen LogP contribution in [-0.4, -0.2) is 17.0 Å². The lowest BCUT2D eigenvalue weighted by Gasteiger charge is -1.90. The van der Waals surface area contributed by atoms with Crippen molar-refractivity contribution in [3.05, 3.63) is 41.9 Å². The van der Waals surface area contributed by atoms with E-state index in [9.17, 15) is 9.59 Å². The van der Waals surface area contributed by atoms with E-state index in [2.05, 4.69) is 0 Å². The smallest absolute Gasteiger partial charge is 0.371 e. The van der Waals surface area contributed by atoms with Crippen LogP contribution in [0.4, 0.5) is 0 Å². The molecule has 0 aliphatic carbocycles. The molecule has 6 nitrogen and oxygen atoms in total. The first-order valence-corrected chi connectivity index (χ1v) is 4.97. The molecule has 2 aromatic rings. The first-order valence-electron chi connectivity index (χ1n) is 4.97. The molecule has 0 unspecified atom stereocenters. The number of primary amides is 1. The molecule has 0 aromatic carbocycles. The molecule has 2 rings (SSSR count). The van der Waals surface area contributed by atoms with Crippen LogP contribution in [0.5, 0.6) is 0 Å². The Bertz CT molecular complexity index is 620. The van der Waals surface area contributed by atoms with Gasteiger partial charge in [0, 0.05) is 6.08 Å². The maximum absolute atomic E-state index is 10.6. The van der Waals surface area contributed by atoms with Crippen molar-refractivity contribution in [1.29, 1.82) is 0 Å². The van der Waals surface area contributed by atoms with E-state index in [4.69, 9.17) is 19.7 Å². The molecule has 18 heavy (non-hydrogen) atoms. The second kappa shape index (κ2) is 4.62. The fraction of sp³-hybridized carbons (Fsp3) is 0. The third-order valence-electron chi connectivity index (χ3n) is 2.10. The first-order chi connectivity index (χ1) is 8.56. The summed E-state index contributed by atoms with van der Waals surface area (Å²) in [5.74, 6) is -0.828. The molecule has 0 radical (unpaired) electrons. The molecule has 0 bridgehead atoms. The van der Waals surface area contributed by atoms with Crippen molar-refractivity contribution in [1.82, 2.24) is 0 Å². The second-order valence-corrected chi connectivity index (χ2v) is 3.41. The zero-order valence-corrected chi connectivity index (χ0v) is 9.12. The normalized spacial score (nSPS) is 10.9. The molecular weight excluding hydrogens is 238 g/mol. The average molecular weight is 247 g/mol. The third-order valence-corrected chi connectivity index (χ3v) is 2.10. The molecule has 1 amide bonds. The zero-order valence-electron chi connectivity index (χ0n) is 9.12. The average Bonchev–Trinajstić information content (AvgIpc) is 2.95. The van der Waals surface area contributed by atoms with Gasteiger partial charge in [-0.2, -0.15) is 0 Å². The van der Waals surface area contributed by atoms with Gasteiger partial charge in [-0.15, -0.1) is 0 Å². The van der Waals surface area contributed by atoms with Gasteiger partial charge in [-0.1, -0.05) is 0 Å². The number of carbonyl (C=O) groups excluding carboxylic acids is 1. The Morgan fingerprint density at radius 1 is 1.11 bits per heavy atom. The predicted octanol–water partition coefficient (Wildman–Crippen LogP) is 1.74. The highest BCUT2D eigenvalue weighted by Gasteiger charge is 2.12. The quantitative estimate of drug-likeness (QED) is 0.800. The molecule has 0 spiro atoms. The van der Waals surface area contributed by atoms with Gasteiger partial charge in [0.05, 0.1) is 0 Å². The SMILES string of the molecule is NC(=O)/C=C\c1ccc(-c2ccc(C(=O)O)o2)o1. The van der Waals surface area contributed by atoms with Crippen LogP contribution >= 0.6 is 0 Å². The molecular formula is C12H9NO5. The van der Waals surface area contributed by atoms with Gasteiger partial charge < -0.3 is 19.7 Å². The molecule has 6 heteroatoms. The van der Waals surface area contributed by atoms with Crippen LogP contribution in [0.1, 0.15) is 16.3 Å². The summed E-state index contributed by atoms with van der Waals surface area (Å²) in [6.45, 7) is 0. The third kappa shape index (κ3) is 2.49. The Balaban J connectivity index is 2.23. The van der Waals surface area contributed by atoms with Crippen LogP contribution in [0.3, 0.4) is 0 Å². The van der Waals surface area contributed by atoms with Gasteiger partial charge in [0.1, 0.15) is 5.76 Å². The first kappa shape index (κ1) is 11.7. The lowest BCUT2D eigenvalue weighted by Crippen LogP contribution is -2.04. The Labute approximate surface area is 101 Å². The largest absolute Gasteiger partial charge is 0.475 e. The van der Waals surface area contributed by atoms with Crippen molar-refractivity contribution in [2.45, 2.75) is 0 Å². The highest BCUT2D eigenvalue weighted by atomic mass is 16.4. The summed E-state index contributed by atoms with van der Waals surface area (Å²) < 4.78 is 10.4. The van der Waals surface area contributed by atoms with E-state index in [1.54, 1.807) is 12.1 Å². The van der Waals surface area contributed by atoms with E-state index in [1.807, 2.05) is 0 Å². The summed E-state index contributed by atoms with van der Waals surface area (Å²) in [4.78, 5) is 21.2. The summed E-state index contributed by atoms with van der Waals surface area (Å²) >= 11 is 0. The molecule has 92 valence electrons. The van der Waals surface area contributed by atoms with Crippen LogP contribution in [0.15, 0.2) is 39.2 Å². The minimum atomic E-state index is -1.15. The zero-order chi connectivity index (χ0) is 13.1. The fourth-order valence-corrected chi connectivity index (χ4v) is 1.32. The van der Waals surface area contributed by atoms with E-state index in [1.165, 1.54) is 18.2 Å². The van der Waals surface area contributed by atoms with Crippen molar-refractivity contribution >= 4 is 18.0 Å². The molecule has 0 saturated carbocycles. The number of amides is 1. The van der Waals surface area contributed by atoms with Gasteiger partial charge in [0.25, 0.3) is 0 Å². The monoisotopic (exact) mass is 247 g/mol. The second-order valence-electron chi connectivity index (χ2n) is 3.41. The van der Waals surface area contributed by atoms with Crippen molar-refractivity contribution in [3.8, 4) is 11.5 Å². The topological polar surface area (TPSA) is 107 Å². The summed E-state index contributed by atoms with van der Waals surface area (Å²) in [5, 5.41) is 8.71. The Hall–Kier alpha value is -2.76. The number of rotatable bonds is 4. The molecule has 2 heterocycles. The number of hydrogen-bond acceptors (Lipinski definition) is 4. The Kier molecular flexibility index (Phi) is 3.01. The molecule has 0 aliphatic heterocycles. The lowest BCUT2D eigenvalue weighted by molar-refractivity contribution is -0.113. The number of aromatic carboxylic acids is 1. The summed E-state index contributed by atoms with van der Waals surface area (Å²) in [6, 6.07) is 6.03. The van der Waals surface area contributed by atoms with Gasteiger partial charge in [-0.05, 0) is 30.3 Å². The van der Waals surface area contributed by atoms with E-state index in [0.29, 0.717) is 17.3 Å².